The van der Waals surface area contributed by atoms with Gasteiger partial charge in [0.25, 0.3) is 0 Å². The molecule has 1 unspecified atom stereocenters. The minimum absolute atomic E-state index is 0.285. The third-order valence-corrected chi connectivity index (χ3v) is 2.85. The second-order valence-corrected chi connectivity index (χ2v) is 5.19. The van der Waals surface area contributed by atoms with Gasteiger partial charge in [-0.15, -0.1) is 0 Å². The average Bonchev–Trinajstić information content (AvgIpc) is 2.34. The van der Waals surface area contributed by atoms with Gasteiger partial charge in [-0.2, -0.15) is 0 Å². The van der Waals surface area contributed by atoms with Crippen molar-refractivity contribution in [3.63, 3.8) is 0 Å². The summed E-state index contributed by atoms with van der Waals surface area (Å²) in [6, 6.07) is 3.57. The molecule has 18 heavy (non-hydrogen) atoms. The fraction of sp³-hybridized carbons (Fsp3) is 0.571. The van der Waals surface area contributed by atoms with Gasteiger partial charge in [-0.3, -0.25) is 0 Å². The minimum atomic E-state index is -0.646. The molecule has 0 heterocycles. The maximum Gasteiger partial charge on any atom is 0.203 e. The first-order chi connectivity index (χ1) is 8.36. The van der Waals surface area contributed by atoms with Crippen LogP contribution in [0.4, 0.5) is 0 Å². The van der Waals surface area contributed by atoms with Crippen molar-refractivity contribution >= 4 is 0 Å². The molecular weight excluding hydrogens is 232 g/mol. The molecule has 0 fully saturated rings. The Bertz CT molecular complexity index is 407. The quantitative estimate of drug-likeness (QED) is 0.897. The molecule has 0 aromatic heterocycles. The molecule has 0 aliphatic heterocycles. The molecule has 1 aromatic carbocycles. The fourth-order valence-corrected chi connectivity index (χ4v) is 1.81. The fourth-order valence-electron chi connectivity index (χ4n) is 1.81. The molecule has 0 amide bonds. The van der Waals surface area contributed by atoms with E-state index in [4.69, 9.17) is 14.2 Å². The number of aliphatic hydroxyl groups excluding tert-OH is 1. The maximum absolute atomic E-state index is 10.4. The van der Waals surface area contributed by atoms with E-state index in [0.29, 0.717) is 22.8 Å². The molecule has 1 N–H and O–H groups in total. The molecule has 0 aliphatic rings. The molecule has 1 aromatic rings. The van der Waals surface area contributed by atoms with Gasteiger partial charge in [0.15, 0.2) is 11.5 Å². The molecule has 1 atom stereocenters. The summed E-state index contributed by atoms with van der Waals surface area (Å²) in [6.45, 7) is 5.90. The SMILES string of the molecule is COc1ccc(C(O)C(C)(C)C)c(OC)c1OC. The van der Waals surface area contributed by atoms with Gasteiger partial charge in [-0.25, -0.2) is 0 Å². The number of methoxy groups -OCH3 is 3. The molecule has 4 nitrogen and oxygen atoms in total. The van der Waals surface area contributed by atoms with Crippen LogP contribution in [0.5, 0.6) is 17.2 Å². The summed E-state index contributed by atoms with van der Waals surface area (Å²) in [5.74, 6) is 1.60. The normalized spacial score (nSPS) is 13.1. The highest BCUT2D eigenvalue weighted by Crippen LogP contribution is 2.45. The Hall–Kier alpha value is -1.42. The first kappa shape index (κ1) is 14.6. The Kier molecular flexibility index (Phi) is 4.46. The van der Waals surface area contributed by atoms with Crippen LogP contribution in [0.3, 0.4) is 0 Å². The Balaban J connectivity index is 3.38. The lowest BCUT2D eigenvalue weighted by molar-refractivity contribution is 0.0599. The van der Waals surface area contributed by atoms with E-state index < -0.39 is 6.10 Å². The topological polar surface area (TPSA) is 47.9 Å². The second kappa shape index (κ2) is 5.48. The molecule has 0 spiro atoms. The Morgan fingerprint density at radius 3 is 1.89 bits per heavy atom. The molecule has 1 rings (SSSR count). The predicted molar refractivity (Wildman–Crippen MR) is 70.5 cm³/mol. The Morgan fingerprint density at radius 2 is 1.50 bits per heavy atom. The number of ether oxygens (including phenoxy) is 3. The largest absolute Gasteiger partial charge is 0.493 e. The molecule has 0 saturated carbocycles. The smallest absolute Gasteiger partial charge is 0.203 e. The van der Waals surface area contributed by atoms with Gasteiger partial charge >= 0.3 is 0 Å². The first-order valence-electron chi connectivity index (χ1n) is 5.83. The molecule has 0 aliphatic carbocycles. The minimum Gasteiger partial charge on any atom is -0.493 e. The summed E-state index contributed by atoms with van der Waals surface area (Å²) in [6.07, 6.45) is -0.646. The van der Waals surface area contributed by atoms with Gasteiger partial charge in [-0.05, 0) is 17.5 Å². The number of benzene rings is 1. The van der Waals surface area contributed by atoms with Gasteiger partial charge in [0.05, 0.1) is 27.4 Å². The molecule has 102 valence electrons. The number of hydrogen-bond acceptors (Lipinski definition) is 4. The number of hydrogen-bond donors (Lipinski definition) is 1. The van der Waals surface area contributed by atoms with E-state index in [0.717, 1.165) is 0 Å². The van der Waals surface area contributed by atoms with Crippen LogP contribution in [0.1, 0.15) is 32.4 Å². The molecule has 0 saturated heterocycles. The van der Waals surface area contributed by atoms with Crippen molar-refractivity contribution in [2.24, 2.45) is 5.41 Å². The lowest BCUT2D eigenvalue weighted by atomic mass is 9.84. The van der Waals surface area contributed by atoms with Crippen molar-refractivity contribution in [2.75, 3.05) is 21.3 Å². The first-order valence-corrected chi connectivity index (χ1v) is 5.83. The van der Waals surface area contributed by atoms with Crippen LogP contribution in [-0.4, -0.2) is 26.4 Å². The van der Waals surface area contributed by atoms with Crippen LogP contribution in [0.25, 0.3) is 0 Å². The van der Waals surface area contributed by atoms with Gasteiger partial charge in [-0.1, -0.05) is 20.8 Å². The predicted octanol–water partition coefficient (Wildman–Crippen LogP) is 2.79. The van der Waals surface area contributed by atoms with E-state index in [1.54, 1.807) is 33.5 Å². The summed E-state index contributed by atoms with van der Waals surface area (Å²) >= 11 is 0. The van der Waals surface area contributed by atoms with E-state index >= 15 is 0 Å². The zero-order valence-corrected chi connectivity index (χ0v) is 11.9. The second-order valence-electron chi connectivity index (χ2n) is 5.19. The highest BCUT2D eigenvalue weighted by atomic mass is 16.5. The average molecular weight is 254 g/mol. The van der Waals surface area contributed by atoms with Crippen molar-refractivity contribution in [1.29, 1.82) is 0 Å². The van der Waals surface area contributed by atoms with Crippen LogP contribution >= 0.6 is 0 Å². The molecular formula is C14H22O4. The molecule has 4 heteroatoms. The van der Waals surface area contributed by atoms with Crippen molar-refractivity contribution in [3.8, 4) is 17.2 Å². The lowest BCUT2D eigenvalue weighted by Gasteiger charge is -2.28. The van der Waals surface area contributed by atoms with Crippen LogP contribution in [0, 0.1) is 5.41 Å². The standard InChI is InChI=1S/C14H22O4/c1-14(2,3)13(15)9-7-8-10(16-4)12(18-6)11(9)17-5/h7-8,13,15H,1-6H3. The van der Waals surface area contributed by atoms with Crippen LogP contribution in [-0.2, 0) is 0 Å². The highest BCUT2D eigenvalue weighted by Gasteiger charge is 2.29. The van der Waals surface area contributed by atoms with E-state index in [9.17, 15) is 5.11 Å². The Labute approximate surface area is 108 Å². The summed E-state index contributed by atoms with van der Waals surface area (Å²) in [5.41, 5.74) is 0.412. The van der Waals surface area contributed by atoms with E-state index in [2.05, 4.69) is 0 Å². The van der Waals surface area contributed by atoms with Gasteiger partial charge < -0.3 is 19.3 Å². The monoisotopic (exact) mass is 254 g/mol. The number of aliphatic hydroxyl groups is 1. The summed E-state index contributed by atoms with van der Waals surface area (Å²) in [7, 11) is 4.67. The van der Waals surface area contributed by atoms with Crippen LogP contribution < -0.4 is 14.2 Å². The summed E-state index contributed by atoms with van der Waals surface area (Å²) < 4.78 is 15.9. The zero-order valence-electron chi connectivity index (χ0n) is 11.9. The van der Waals surface area contributed by atoms with E-state index in [-0.39, 0.29) is 5.41 Å². The number of rotatable bonds is 4. The van der Waals surface area contributed by atoms with Gasteiger partial charge in [0.2, 0.25) is 5.75 Å². The molecule has 0 radical (unpaired) electrons. The summed E-state index contributed by atoms with van der Waals surface area (Å²) in [5, 5.41) is 10.4. The van der Waals surface area contributed by atoms with Crippen molar-refractivity contribution in [2.45, 2.75) is 26.9 Å². The zero-order chi connectivity index (χ0) is 13.9. The van der Waals surface area contributed by atoms with Crippen molar-refractivity contribution in [1.82, 2.24) is 0 Å². The Morgan fingerprint density at radius 1 is 0.944 bits per heavy atom. The third kappa shape index (κ3) is 2.70. The maximum atomic E-state index is 10.4. The van der Waals surface area contributed by atoms with E-state index in [1.807, 2.05) is 20.8 Å². The lowest BCUT2D eigenvalue weighted by Crippen LogP contribution is -2.18. The van der Waals surface area contributed by atoms with Crippen LogP contribution in [0.15, 0.2) is 12.1 Å². The summed E-state index contributed by atoms with van der Waals surface area (Å²) in [4.78, 5) is 0. The highest BCUT2D eigenvalue weighted by molar-refractivity contribution is 5.56. The van der Waals surface area contributed by atoms with Gasteiger partial charge in [0.1, 0.15) is 0 Å². The van der Waals surface area contributed by atoms with Crippen molar-refractivity contribution in [3.05, 3.63) is 17.7 Å². The third-order valence-electron chi connectivity index (χ3n) is 2.85. The molecule has 0 bridgehead atoms. The van der Waals surface area contributed by atoms with Crippen molar-refractivity contribution < 1.29 is 19.3 Å². The van der Waals surface area contributed by atoms with E-state index in [1.165, 1.54) is 0 Å². The van der Waals surface area contributed by atoms with Gasteiger partial charge in [0, 0.05) is 5.56 Å². The van der Waals surface area contributed by atoms with Crippen LogP contribution in [0.2, 0.25) is 0 Å².